The van der Waals surface area contributed by atoms with Crippen molar-refractivity contribution in [3.63, 3.8) is 0 Å². The minimum absolute atomic E-state index is 0.0271. The maximum atomic E-state index is 12.2. The summed E-state index contributed by atoms with van der Waals surface area (Å²) in [7, 11) is 0. The molecule has 3 amide bonds. The van der Waals surface area contributed by atoms with Gasteiger partial charge in [0.05, 0.1) is 11.8 Å². The van der Waals surface area contributed by atoms with Crippen molar-refractivity contribution >= 4 is 17.7 Å². The Labute approximate surface area is 119 Å². The maximum Gasteiger partial charge on any atom is 0.240 e. The molecule has 1 saturated heterocycles. The number of hydrogen-bond acceptors (Lipinski definition) is 3. The van der Waals surface area contributed by atoms with Crippen LogP contribution >= 0.6 is 0 Å². The lowest BCUT2D eigenvalue weighted by Gasteiger charge is -2.20. The normalized spacial score (nSPS) is 26.9. The number of amides is 3. The van der Waals surface area contributed by atoms with Crippen LogP contribution in [0.3, 0.4) is 0 Å². The largest absolute Gasteiger partial charge is 0.352 e. The van der Waals surface area contributed by atoms with Gasteiger partial charge in [-0.1, -0.05) is 26.0 Å². The van der Waals surface area contributed by atoms with Gasteiger partial charge in [-0.05, 0) is 25.7 Å². The van der Waals surface area contributed by atoms with Gasteiger partial charge in [0.15, 0.2) is 0 Å². The zero-order chi connectivity index (χ0) is 14.9. The maximum absolute atomic E-state index is 12.2. The lowest BCUT2D eigenvalue weighted by atomic mass is 9.85. The van der Waals surface area contributed by atoms with E-state index >= 15 is 0 Å². The molecule has 0 radical (unpaired) electrons. The highest BCUT2D eigenvalue weighted by atomic mass is 16.2. The molecule has 0 spiro atoms. The molecule has 1 N–H and O–H groups in total. The second-order valence-electron chi connectivity index (χ2n) is 6.02. The monoisotopic (exact) mass is 278 g/mol. The molecule has 0 unspecified atom stereocenters. The van der Waals surface area contributed by atoms with Crippen LogP contribution in [-0.4, -0.2) is 35.2 Å². The van der Waals surface area contributed by atoms with Crippen molar-refractivity contribution in [1.29, 1.82) is 0 Å². The molecule has 5 nitrogen and oxygen atoms in total. The highest BCUT2D eigenvalue weighted by Gasteiger charge is 2.47. The van der Waals surface area contributed by atoms with Gasteiger partial charge in [0.2, 0.25) is 17.7 Å². The van der Waals surface area contributed by atoms with E-state index in [1.807, 2.05) is 32.9 Å². The molecular weight excluding hydrogens is 256 g/mol. The molecule has 0 aromatic carbocycles. The summed E-state index contributed by atoms with van der Waals surface area (Å²) >= 11 is 0. The van der Waals surface area contributed by atoms with E-state index in [0.717, 1.165) is 4.90 Å². The fourth-order valence-corrected chi connectivity index (χ4v) is 2.63. The van der Waals surface area contributed by atoms with Gasteiger partial charge >= 0.3 is 0 Å². The number of carbonyl (C=O) groups excluding carboxylic acids is 3. The van der Waals surface area contributed by atoms with E-state index < -0.39 is 0 Å². The molecule has 1 aliphatic heterocycles. The van der Waals surface area contributed by atoms with Crippen molar-refractivity contribution in [3.05, 3.63) is 12.2 Å². The van der Waals surface area contributed by atoms with Gasteiger partial charge in [0.1, 0.15) is 6.54 Å². The van der Waals surface area contributed by atoms with Crippen LogP contribution in [0.15, 0.2) is 12.2 Å². The van der Waals surface area contributed by atoms with Crippen molar-refractivity contribution in [2.45, 2.75) is 39.7 Å². The summed E-state index contributed by atoms with van der Waals surface area (Å²) in [4.78, 5) is 37.5. The lowest BCUT2D eigenvalue weighted by molar-refractivity contribution is -0.143. The van der Waals surface area contributed by atoms with Gasteiger partial charge in [-0.3, -0.25) is 19.3 Å². The van der Waals surface area contributed by atoms with Gasteiger partial charge < -0.3 is 5.32 Å². The molecule has 0 bridgehead atoms. The number of likely N-dealkylation sites (tertiary alicyclic amines) is 1. The van der Waals surface area contributed by atoms with Crippen LogP contribution in [0.4, 0.5) is 0 Å². The first kappa shape index (κ1) is 14.8. The zero-order valence-electron chi connectivity index (χ0n) is 12.3. The van der Waals surface area contributed by atoms with E-state index in [1.165, 1.54) is 0 Å². The Hall–Kier alpha value is -1.65. The Morgan fingerprint density at radius 2 is 1.70 bits per heavy atom. The SMILES string of the molecule is CC(C)[C@H](C)NC(=O)CN1C(=O)[C@H]2CC=CC[C@H]2C1=O. The molecule has 0 aromatic heterocycles. The van der Waals surface area contributed by atoms with Gasteiger partial charge in [0, 0.05) is 6.04 Å². The van der Waals surface area contributed by atoms with Crippen LogP contribution in [0.25, 0.3) is 0 Å². The second kappa shape index (κ2) is 5.77. The molecule has 5 heteroatoms. The molecule has 2 aliphatic rings. The quantitative estimate of drug-likeness (QED) is 0.618. The number of nitrogens with zero attached hydrogens (tertiary/aromatic N) is 1. The summed E-state index contributed by atoms with van der Waals surface area (Å²) in [5, 5.41) is 2.83. The summed E-state index contributed by atoms with van der Waals surface area (Å²) in [6.07, 6.45) is 5.10. The van der Waals surface area contributed by atoms with Gasteiger partial charge in [-0.25, -0.2) is 0 Å². The molecule has 20 heavy (non-hydrogen) atoms. The fourth-order valence-electron chi connectivity index (χ4n) is 2.63. The average molecular weight is 278 g/mol. The van der Waals surface area contributed by atoms with E-state index in [4.69, 9.17) is 0 Å². The van der Waals surface area contributed by atoms with Crippen molar-refractivity contribution in [1.82, 2.24) is 10.2 Å². The fraction of sp³-hybridized carbons (Fsp3) is 0.667. The Kier molecular flexibility index (Phi) is 4.26. The second-order valence-corrected chi connectivity index (χ2v) is 6.02. The molecule has 3 atom stereocenters. The number of carbonyl (C=O) groups is 3. The number of allylic oxidation sites excluding steroid dienone is 2. The standard InChI is InChI=1S/C15H22N2O3/c1-9(2)10(3)16-13(18)8-17-14(19)11-6-4-5-7-12(11)15(17)20/h4-5,9-12H,6-8H2,1-3H3,(H,16,18)/t10-,11-,12+/m0/s1. The molecular formula is C15H22N2O3. The summed E-state index contributed by atoms with van der Waals surface area (Å²) in [6, 6.07) is 0.0271. The van der Waals surface area contributed by atoms with Crippen LogP contribution < -0.4 is 5.32 Å². The number of nitrogens with one attached hydrogen (secondary N) is 1. The molecule has 110 valence electrons. The first-order valence-electron chi connectivity index (χ1n) is 7.21. The van der Waals surface area contributed by atoms with Gasteiger partial charge in [-0.15, -0.1) is 0 Å². The molecule has 1 aliphatic carbocycles. The zero-order valence-corrected chi connectivity index (χ0v) is 12.3. The number of hydrogen-bond donors (Lipinski definition) is 1. The van der Waals surface area contributed by atoms with Crippen molar-refractivity contribution in [3.8, 4) is 0 Å². The first-order chi connectivity index (χ1) is 9.41. The van der Waals surface area contributed by atoms with E-state index in [9.17, 15) is 14.4 Å². The summed E-state index contributed by atoms with van der Waals surface area (Å²) < 4.78 is 0. The van der Waals surface area contributed by atoms with E-state index in [-0.39, 0.29) is 42.1 Å². The summed E-state index contributed by atoms with van der Waals surface area (Å²) in [5.41, 5.74) is 0. The third-order valence-corrected chi connectivity index (χ3v) is 4.29. The van der Waals surface area contributed by atoms with E-state index in [1.54, 1.807) is 0 Å². The number of imide groups is 1. The molecule has 1 heterocycles. The van der Waals surface area contributed by atoms with Crippen LogP contribution in [0.2, 0.25) is 0 Å². The smallest absolute Gasteiger partial charge is 0.240 e. The first-order valence-corrected chi connectivity index (χ1v) is 7.21. The molecule has 1 fully saturated rings. The van der Waals surface area contributed by atoms with Gasteiger partial charge in [-0.2, -0.15) is 0 Å². The Balaban J connectivity index is 1.98. The van der Waals surface area contributed by atoms with E-state index in [0.29, 0.717) is 18.8 Å². The Morgan fingerprint density at radius 1 is 1.20 bits per heavy atom. The van der Waals surface area contributed by atoms with Gasteiger partial charge in [0.25, 0.3) is 0 Å². The predicted octanol–water partition coefficient (Wildman–Crippen LogP) is 1.10. The third-order valence-electron chi connectivity index (χ3n) is 4.29. The molecule has 2 rings (SSSR count). The highest BCUT2D eigenvalue weighted by molar-refractivity contribution is 6.07. The summed E-state index contributed by atoms with van der Waals surface area (Å²) in [6.45, 7) is 5.79. The lowest BCUT2D eigenvalue weighted by Crippen LogP contribution is -2.45. The molecule has 0 saturated carbocycles. The van der Waals surface area contributed by atoms with Crippen molar-refractivity contribution in [2.75, 3.05) is 6.54 Å². The van der Waals surface area contributed by atoms with Crippen molar-refractivity contribution < 1.29 is 14.4 Å². The van der Waals surface area contributed by atoms with E-state index in [2.05, 4.69) is 5.32 Å². The minimum atomic E-state index is -0.264. The highest BCUT2D eigenvalue weighted by Crippen LogP contribution is 2.34. The molecule has 0 aromatic rings. The van der Waals surface area contributed by atoms with Crippen LogP contribution in [0.5, 0.6) is 0 Å². The van der Waals surface area contributed by atoms with Crippen molar-refractivity contribution in [2.24, 2.45) is 17.8 Å². The topological polar surface area (TPSA) is 66.5 Å². The predicted molar refractivity (Wildman–Crippen MR) is 74.5 cm³/mol. The number of fused-ring (bicyclic) bond motifs is 1. The average Bonchev–Trinajstić information content (AvgIpc) is 2.64. The Bertz CT molecular complexity index is 430. The Morgan fingerprint density at radius 3 is 2.15 bits per heavy atom. The van der Waals surface area contributed by atoms with Crippen LogP contribution in [0.1, 0.15) is 33.6 Å². The van der Waals surface area contributed by atoms with Crippen LogP contribution in [0, 0.1) is 17.8 Å². The summed E-state index contributed by atoms with van der Waals surface area (Å²) in [5.74, 6) is -0.866. The third kappa shape index (κ3) is 2.76. The van der Waals surface area contributed by atoms with Crippen LogP contribution in [-0.2, 0) is 14.4 Å². The minimum Gasteiger partial charge on any atom is -0.352 e. The number of rotatable bonds is 4.